The maximum Gasteiger partial charge on any atom is 0.338 e. The van der Waals surface area contributed by atoms with Crippen molar-refractivity contribution in [2.75, 3.05) is 25.3 Å². The highest BCUT2D eigenvalue weighted by molar-refractivity contribution is 7.99. The lowest BCUT2D eigenvalue weighted by molar-refractivity contribution is -0.136. The molecular weight excluding hydrogens is 464 g/mol. The van der Waals surface area contributed by atoms with E-state index >= 15 is 0 Å². The molecule has 8 nitrogen and oxygen atoms in total. The molecule has 1 aliphatic rings. The lowest BCUT2D eigenvalue weighted by Gasteiger charge is -2.28. The summed E-state index contributed by atoms with van der Waals surface area (Å²) in [5.74, 6) is 2.25. The molecule has 184 valence electrons. The minimum Gasteiger partial charge on any atom is -0.493 e. The zero-order valence-electron chi connectivity index (χ0n) is 20.6. The zero-order valence-corrected chi connectivity index (χ0v) is 21.4. The fourth-order valence-electron chi connectivity index (χ4n) is 3.97. The van der Waals surface area contributed by atoms with Crippen molar-refractivity contribution in [2.45, 2.75) is 45.0 Å². The highest BCUT2D eigenvalue weighted by Gasteiger charge is 2.35. The number of nitrogens with one attached hydrogen (secondary N) is 1. The smallest absolute Gasteiger partial charge is 0.338 e. The van der Waals surface area contributed by atoms with E-state index in [4.69, 9.17) is 19.3 Å². The number of nitrogens with zero attached hydrogens (tertiary/aromatic N) is 3. The van der Waals surface area contributed by atoms with Crippen LogP contribution < -0.4 is 14.8 Å². The van der Waals surface area contributed by atoms with E-state index in [0.717, 1.165) is 28.9 Å². The molecule has 1 atom stereocenters. The molecule has 2 aromatic carbocycles. The molecule has 1 aliphatic heterocycles. The number of fused-ring (bicyclic) bond motifs is 1. The van der Waals surface area contributed by atoms with Gasteiger partial charge in [0, 0.05) is 11.4 Å². The van der Waals surface area contributed by atoms with Crippen molar-refractivity contribution in [3.8, 4) is 11.5 Å². The minimum absolute atomic E-state index is 0.424. The van der Waals surface area contributed by atoms with E-state index in [0.29, 0.717) is 40.5 Å². The van der Waals surface area contributed by atoms with Crippen LogP contribution in [-0.2, 0) is 16.1 Å². The maximum atomic E-state index is 12.8. The second-order valence-corrected chi connectivity index (χ2v) is 9.26. The summed E-state index contributed by atoms with van der Waals surface area (Å²) >= 11 is 1.58. The Hall–Kier alpha value is -3.46. The van der Waals surface area contributed by atoms with Crippen LogP contribution in [0, 0.1) is 6.92 Å². The number of carbonyl (C=O) groups excluding carboxylic acids is 1. The Morgan fingerprint density at radius 2 is 1.94 bits per heavy atom. The molecule has 0 saturated carbocycles. The summed E-state index contributed by atoms with van der Waals surface area (Å²) in [6.07, 6.45) is 1.01. The predicted octanol–water partition coefficient (Wildman–Crippen LogP) is 5.14. The Kier molecular flexibility index (Phi) is 7.65. The first kappa shape index (κ1) is 24.7. The Bertz CT molecular complexity index is 1250. The molecule has 0 fully saturated rings. The first-order chi connectivity index (χ1) is 17.0. The molecular formula is C26H30N4O4S. The molecule has 2 heterocycles. The Morgan fingerprint density at radius 1 is 1.14 bits per heavy atom. The van der Waals surface area contributed by atoms with Crippen LogP contribution in [-0.4, -0.2) is 40.7 Å². The van der Waals surface area contributed by atoms with E-state index in [2.05, 4.69) is 30.2 Å². The lowest BCUT2D eigenvalue weighted by Crippen LogP contribution is -2.29. The summed E-state index contributed by atoms with van der Waals surface area (Å²) in [6.45, 7) is 6.43. The molecule has 0 bridgehead atoms. The lowest BCUT2D eigenvalue weighted by atomic mass is 9.95. The van der Waals surface area contributed by atoms with Crippen LogP contribution in [0.15, 0.2) is 58.9 Å². The molecule has 4 rings (SSSR count). The summed E-state index contributed by atoms with van der Waals surface area (Å²) in [4.78, 5) is 17.4. The summed E-state index contributed by atoms with van der Waals surface area (Å²) in [5, 5.41) is 8.56. The number of hydrogen-bond acceptors (Lipinski definition) is 8. The summed E-state index contributed by atoms with van der Waals surface area (Å²) in [5.41, 5.74) is 4.22. The Balaban J connectivity index is 1.71. The third kappa shape index (κ3) is 5.14. The molecule has 0 amide bonds. The number of thioether (sulfide) groups is 1. The number of benzene rings is 2. The number of allylic oxidation sites excluding steroid dienone is 1. The van der Waals surface area contributed by atoms with Gasteiger partial charge in [-0.05, 0) is 49.1 Å². The van der Waals surface area contributed by atoms with Gasteiger partial charge in [0.25, 0.3) is 0 Å². The summed E-state index contributed by atoms with van der Waals surface area (Å²) < 4.78 is 18.6. The van der Waals surface area contributed by atoms with Gasteiger partial charge in [-0.3, -0.25) is 0 Å². The predicted molar refractivity (Wildman–Crippen MR) is 136 cm³/mol. The number of carbonyl (C=O) groups is 1. The highest BCUT2D eigenvalue weighted by Crippen LogP contribution is 2.40. The first-order valence-electron chi connectivity index (χ1n) is 11.5. The molecule has 35 heavy (non-hydrogen) atoms. The third-order valence-corrected chi connectivity index (χ3v) is 6.87. The van der Waals surface area contributed by atoms with Gasteiger partial charge in [-0.1, -0.05) is 49.0 Å². The van der Waals surface area contributed by atoms with E-state index in [1.54, 1.807) is 23.6 Å². The van der Waals surface area contributed by atoms with E-state index in [1.807, 2.05) is 43.3 Å². The van der Waals surface area contributed by atoms with E-state index in [1.165, 1.54) is 7.11 Å². The highest BCUT2D eigenvalue weighted by atomic mass is 32.2. The van der Waals surface area contributed by atoms with Crippen molar-refractivity contribution in [2.24, 2.45) is 0 Å². The van der Waals surface area contributed by atoms with E-state index in [-0.39, 0.29) is 0 Å². The van der Waals surface area contributed by atoms with Gasteiger partial charge in [0.2, 0.25) is 11.1 Å². The summed E-state index contributed by atoms with van der Waals surface area (Å²) in [6, 6.07) is 13.2. The summed E-state index contributed by atoms with van der Waals surface area (Å²) in [7, 11) is 2.98. The number of esters is 1. The van der Waals surface area contributed by atoms with Crippen molar-refractivity contribution in [1.29, 1.82) is 0 Å². The maximum absolute atomic E-state index is 12.8. The second-order valence-electron chi connectivity index (χ2n) is 8.19. The first-order valence-corrected chi connectivity index (χ1v) is 12.5. The third-order valence-electron chi connectivity index (χ3n) is 5.82. The van der Waals surface area contributed by atoms with Crippen molar-refractivity contribution < 1.29 is 19.0 Å². The van der Waals surface area contributed by atoms with Crippen LogP contribution in [0.5, 0.6) is 11.5 Å². The van der Waals surface area contributed by atoms with Gasteiger partial charge < -0.3 is 19.5 Å². The quantitative estimate of drug-likeness (QED) is 0.323. The topological polar surface area (TPSA) is 87.5 Å². The molecule has 0 radical (unpaired) electrons. The van der Waals surface area contributed by atoms with Gasteiger partial charge in [0.15, 0.2) is 11.5 Å². The fraction of sp³-hybridized carbons (Fsp3) is 0.346. The van der Waals surface area contributed by atoms with Crippen LogP contribution in [0.4, 0.5) is 5.95 Å². The van der Waals surface area contributed by atoms with Gasteiger partial charge in [-0.25, -0.2) is 9.48 Å². The molecule has 0 aliphatic carbocycles. The minimum atomic E-state index is -0.526. The van der Waals surface area contributed by atoms with E-state index < -0.39 is 12.0 Å². The van der Waals surface area contributed by atoms with Gasteiger partial charge >= 0.3 is 5.97 Å². The fourth-order valence-corrected chi connectivity index (χ4v) is 4.65. The second kappa shape index (κ2) is 10.9. The number of anilines is 1. The van der Waals surface area contributed by atoms with Crippen LogP contribution >= 0.6 is 11.8 Å². The van der Waals surface area contributed by atoms with E-state index in [9.17, 15) is 4.79 Å². The van der Waals surface area contributed by atoms with Crippen molar-refractivity contribution in [3.05, 3.63) is 70.4 Å². The number of aryl methyl sites for hydroxylation is 1. The number of aromatic nitrogens is 3. The van der Waals surface area contributed by atoms with Crippen LogP contribution in [0.1, 0.15) is 43.0 Å². The standard InChI is InChI=1S/C26H30N4O4S/c1-6-13-35-26-28-25-27-17(3)22(24(31)33-5)23(30(25)29-26)18-11-12-20(21(14-18)32-4)34-15-19-10-8-7-9-16(19)2/h7-12,14,23H,6,13,15H2,1-5H3,(H,27,28,29). The van der Waals surface area contributed by atoms with Crippen molar-refractivity contribution in [1.82, 2.24) is 14.8 Å². The average Bonchev–Trinajstić information content (AvgIpc) is 3.27. The molecule has 9 heteroatoms. The van der Waals surface area contributed by atoms with Gasteiger partial charge in [-0.2, -0.15) is 4.98 Å². The zero-order chi connectivity index (χ0) is 24.9. The normalized spacial score (nSPS) is 14.8. The number of ether oxygens (including phenoxy) is 3. The molecule has 1 unspecified atom stereocenters. The molecule has 0 saturated heterocycles. The molecule has 1 N–H and O–H groups in total. The van der Waals surface area contributed by atoms with Crippen LogP contribution in [0.3, 0.4) is 0 Å². The largest absolute Gasteiger partial charge is 0.493 e. The average molecular weight is 495 g/mol. The van der Waals surface area contributed by atoms with Crippen LogP contribution in [0.25, 0.3) is 0 Å². The number of hydrogen-bond donors (Lipinski definition) is 1. The molecule has 1 aromatic heterocycles. The van der Waals surface area contributed by atoms with Gasteiger partial charge in [0.05, 0.1) is 19.8 Å². The van der Waals surface area contributed by atoms with Gasteiger partial charge in [0.1, 0.15) is 12.6 Å². The molecule has 0 spiro atoms. The number of rotatable bonds is 9. The number of methoxy groups -OCH3 is 2. The SMILES string of the molecule is CCCSc1nc2n(n1)C(c1ccc(OCc3ccccc3C)c(OC)c1)C(C(=O)OC)=C(C)N2. The Labute approximate surface area is 209 Å². The Morgan fingerprint density at radius 3 is 2.66 bits per heavy atom. The molecule has 3 aromatic rings. The van der Waals surface area contributed by atoms with Gasteiger partial charge in [-0.15, -0.1) is 5.10 Å². The van der Waals surface area contributed by atoms with Crippen LogP contribution in [0.2, 0.25) is 0 Å². The van der Waals surface area contributed by atoms with Crippen molar-refractivity contribution >= 4 is 23.7 Å². The monoisotopic (exact) mass is 494 g/mol. The van der Waals surface area contributed by atoms with Crippen molar-refractivity contribution in [3.63, 3.8) is 0 Å².